The molecule has 31 heavy (non-hydrogen) atoms. The minimum atomic E-state index is -5.08. The molecule has 4 heterocycles. The van der Waals surface area contributed by atoms with Crippen molar-refractivity contribution in [1.82, 2.24) is 9.80 Å². The molecule has 3 aliphatic heterocycles. The monoisotopic (exact) mass is 464 g/mol. The topological polar surface area (TPSA) is 79.3 Å². The molecular weight excluding hydrogens is 437 g/mol. The van der Waals surface area contributed by atoms with Gasteiger partial charge >= 0.3 is 12.1 Å². The molecule has 3 saturated heterocycles. The van der Waals surface area contributed by atoms with Crippen molar-refractivity contribution in [2.24, 2.45) is 5.92 Å². The fourth-order valence-electron chi connectivity index (χ4n) is 4.11. The summed E-state index contributed by atoms with van der Waals surface area (Å²) >= 11 is 1.53. The van der Waals surface area contributed by atoms with Gasteiger partial charge in [0.2, 0.25) is 0 Å². The lowest BCUT2D eigenvalue weighted by Gasteiger charge is -2.47. The van der Waals surface area contributed by atoms with E-state index in [-0.39, 0.29) is 11.5 Å². The second-order valence-electron chi connectivity index (χ2n) is 8.07. The summed E-state index contributed by atoms with van der Waals surface area (Å²) in [6.07, 6.45) is -1.84. The van der Waals surface area contributed by atoms with E-state index in [1.807, 2.05) is 22.4 Å². The van der Waals surface area contributed by atoms with Crippen LogP contribution >= 0.6 is 11.3 Å². The number of rotatable bonds is 3. The van der Waals surface area contributed by atoms with Crippen LogP contribution in [-0.4, -0.2) is 91.1 Å². The number of nitrogens with zero attached hydrogens (tertiary/aromatic N) is 2. The molecule has 4 rings (SSSR count). The Balaban J connectivity index is 0.000000339. The molecule has 1 aromatic rings. The minimum absolute atomic E-state index is 0.131. The number of piperidine rings is 1. The number of thiophene rings is 1. The summed E-state index contributed by atoms with van der Waals surface area (Å²) in [6.45, 7) is 7.23. The van der Waals surface area contributed by atoms with E-state index < -0.39 is 12.1 Å². The van der Waals surface area contributed by atoms with Gasteiger partial charge in [-0.1, -0.05) is 6.07 Å². The van der Waals surface area contributed by atoms with Gasteiger partial charge in [-0.15, -0.1) is 11.3 Å². The molecule has 1 amide bonds. The van der Waals surface area contributed by atoms with Gasteiger partial charge in [-0.3, -0.25) is 4.79 Å². The first-order chi connectivity index (χ1) is 14.7. The molecule has 11 heteroatoms. The highest BCUT2D eigenvalue weighted by Gasteiger charge is 2.41. The zero-order valence-corrected chi connectivity index (χ0v) is 17.9. The lowest BCUT2D eigenvalue weighted by molar-refractivity contribution is -0.192. The number of carboxylic acids is 1. The highest BCUT2D eigenvalue weighted by Crippen LogP contribution is 2.31. The largest absolute Gasteiger partial charge is 0.490 e. The molecule has 1 spiro atoms. The molecule has 1 N–H and O–H groups in total. The average Bonchev–Trinajstić information content (AvgIpc) is 3.43. The van der Waals surface area contributed by atoms with Crippen molar-refractivity contribution in [3.05, 3.63) is 22.4 Å². The molecule has 1 unspecified atom stereocenters. The zero-order valence-electron chi connectivity index (χ0n) is 17.1. The molecule has 174 valence electrons. The predicted octanol–water partition coefficient (Wildman–Crippen LogP) is 2.72. The maximum Gasteiger partial charge on any atom is 0.490 e. The predicted molar refractivity (Wildman–Crippen MR) is 107 cm³/mol. The summed E-state index contributed by atoms with van der Waals surface area (Å²) < 4.78 is 43.4. The number of amides is 1. The first kappa shape index (κ1) is 24.0. The van der Waals surface area contributed by atoms with E-state index in [1.165, 1.54) is 17.8 Å². The van der Waals surface area contributed by atoms with Crippen molar-refractivity contribution in [2.75, 3.05) is 52.5 Å². The molecule has 0 radical (unpaired) electrons. The van der Waals surface area contributed by atoms with Gasteiger partial charge in [-0.2, -0.15) is 13.2 Å². The summed E-state index contributed by atoms with van der Waals surface area (Å²) in [5, 5.41) is 9.09. The highest BCUT2D eigenvalue weighted by molar-refractivity contribution is 7.12. The molecular formula is C20H27F3N2O5S. The first-order valence-electron chi connectivity index (χ1n) is 10.3. The Bertz CT molecular complexity index is 730. The Labute approximate surface area is 182 Å². The van der Waals surface area contributed by atoms with Crippen LogP contribution in [0, 0.1) is 5.92 Å². The fourth-order valence-corrected chi connectivity index (χ4v) is 4.80. The van der Waals surface area contributed by atoms with Crippen molar-refractivity contribution in [1.29, 1.82) is 0 Å². The van der Waals surface area contributed by atoms with Crippen LogP contribution in [-0.2, 0) is 14.3 Å². The third-order valence-electron chi connectivity index (χ3n) is 5.82. The first-order valence-corrected chi connectivity index (χ1v) is 11.1. The van der Waals surface area contributed by atoms with Gasteiger partial charge in [0.25, 0.3) is 5.91 Å². The fraction of sp³-hybridized carbons (Fsp3) is 0.700. The van der Waals surface area contributed by atoms with Gasteiger partial charge in [0.05, 0.1) is 30.2 Å². The molecule has 0 bridgehead atoms. The van der Waals surface area contributed by atoms with E-state index in [1.54, 1.807) is 0 Å². The number of ether oxygens (including phenoxy) is 2. The van der Waals surface area contributed by atoms with E-state index >= 15 is 0 Å². The molecule has 3 aliphatic rings. The van der Waals surface area contributed by atoms with Crippen LogP contribution in [0.2, 0.25) is 0 Å². The van der Waals surface area contributed by atoms with Gasteiger partial charge in [-0.05, 0) is 36.6 Å². The number of morpholine rings is 1. The molecule has 0 aromatic carbocycles. The Kier molecular flexibility index (Phi) is 7.95. The van der Waals surface area contributed by atoms with Gasteiger partial charge < -0.3 is 24.4 Å². The number of aliphatic carboxylic acids is 1. The molecule has 7 nitrogen and oxygen atoms in total. The number of carbonyl (C=O) groups excluding carboxylic acids is 1. The number of hydrogen-bond donors (Lipinski definition) is 1. The van der Waals surface area contributed by atoms with E-state index in [0.29, 0.717) is 19.1 Å². The zero-order chi connectivity index (χ0) is 22.5. The lowest BCUT2D eigenvalue weighted by atomic mass is 9.88. The second-order valence-corrected chi connectivity index (χ2v) is 9.02. The number of hydrogen-bond acceptors (Lipinski definition) is 6. The van der Waals surface area contributed by atoms with Crippen LogP contribution < -0.4 is 0 Å². The van der Waals surface area contributed by atoms with Crippen LogP contribution in [0.25, 0.3) is 0 Å². The normalized spacial score (nSPS) is 24.0. The van der Waals surface area contributed by atoms with Crippen molar-refractivity contribution < 1.29 is 37.3 Å². The van der Waals surface area contributed by atoms with Crippen molar-refractivity contribution in [3.8, 4) is 0 Å². The Hall–Kier alpha value is -1.69. The summed E-state index contributed by atoms with van der Waals surface area (Å²) in [6, 6.07) is 3.86. The van der Waals surface area contributed by atoms with Crippen molar-refractivity contribution in [3.63, 3.8) is 0 Å². The number of alkyl halides is 3. The van der Waals surface area contributed by atoms with Crippen LogP contribution in [0.5, 0.6) is 0 Å². The lowest BCUT2D eigenvalue weighted by Crippen LogP contribution is -2.58. The van der Waals surface area contributed by atoms with E-state index in [9.17, 15) is 18.0 Å². The Morgan fingerprint density at radius 3 is 2.48 bits per heavy atom. The summed E-state index contributed by atoms with van der Waals surface area (Å²) in [5.74, 6) is -1.89. The van der Waals surface area contributed by atoms with Crippen LogP contribution in [0.1, 0.15) is 28.9 Å². The molecule has 1 aromatic heterocycles. The van der Waals surface area contributed by atoms with Crippen molar-refractivity contribution in [2.45, 2.75) is 31.0 Å². The van der Waals surface area contributed by atoms with E-state index in [0.717, 1.165) is 57.1 Å². The number of likely N-dealkylation sites (tertiary alicyclic amines) is 1. The standard InChI is InChI=1S/C18H26N2O3S.C2HF3O2/c21-17(16-2-1-11-24-16)20-8-10-23-18(14-20)4-6-19(7-5-18)12-15-3-9-22-13-15;3-2(4,5)1(6)7/h1-2,11,15H,3-10,12-14H2;(H,6,7). The van der Waals surface area contributed by atoms with Crippen LogP contribution in [0.3, 0.4) is 0 Å². The molecule has 3 fully saturated rings. The highest BCUT2D eigenvalue weighted by atomic mass is 32.1. The SMILES string of the molecule is O=C(O)C(F)(F)F.O=C(c1cccs1)N1CCOC2(CCN(CC3CCOC3)CC2)C1. The Morgan fingerprint density at radius 2 is 1.94 bits per heavy atom. The molecule has 0 aliphatic carbocycles. The number of carbonyl (C=O) groups is 2. The maximum absolute atomic E-state index is 12.6. The number of carboxylic acid groups (broad SMARTS) is 1. The second kappa shape index (κ2) is 10.3. The van der Waals surface area contributed by atoms with E-state index in [2.05, 4.69) is 4.90 Å². The smallest absolute Gasteiger partial charge is 0.475 e. The van der Waals surface area contributed by atoms with Gasteiger partial charge in [0.1, 0.15) is 0 Å². The maximum atomic E-state index is 12.6. The Morgan fingerprint density at radius 1 is 1.23 bits per heavy atom. The van der Waals surface area contributed by atoms with Gasteiger partial charge in [0.15, 0.2) is 0 Å². The summed E-state index contributed by atoms with van der Waals surface area (Å²) in [7, 11) is 0. The third-order valence-corrected chi connectivity index (χ3v) is 6.68. The number of halogens is 3. The summed E-state index contributed by atoms with van der Waals surface area (Å²) in [5.41, 5.74) is -0.131. The third kappa shape index (κ3) is 6.64. The van der Waals surface area contributed by atoms with Crippen LogP contribution in [0.15, 0.2) is 17.5 Å². The quantitative estimate of drug-likeness (QED) is 0.741. The average molecular weight is 465 g/mol. The summed E-state index contributed by atoms with van der Waals surface area (Å²) in [4.78, 5) is 26.9. The van der Waals surface area contributed by atoms with Crippen molar-refractivity contribution >= 4 is 23.2 Å². The van der Waals surface area contributed by atoms with Gasteiger partial charge in [0, 0.05) is 32.8 Å². The molecule has 1 atom stereocenters. The van der Waals surface area contributed by atoms with Crippen LogP contribution in [0.4, 0.5) is 13.2 Å². The van der Waals surface area contributed by atoms with E-state index in [4.69, 9.17) is 19.4 Å². The minimum Gasteiger partial charge on any atom is -0.475 e. The molecule has 0 saturated carbocycles. The van der Waals surface area contributed by atoms with Gasteiger partial charge in [-0.25, -0.2) is 4.79 Å².